The molecule has 6 heteroatoms. The van der Waals surface area contributed by atoms with Crippen LogP contribution in [0.5, 0.6) is 11.5 Å². The molecule has 2 aliphatic heterocycles. The van der Waals surface area contributed by atoms with Gasteiger partial charge in [0.1, 0.15) is 5.82 Å². The largest absolute Gasteiger partial charge is 0.454 e. The molecule has 3 heterocycles. The molecule has 1 N–H and O–H groups in total. The van der Waals surface area contributed by atoms with Crippen LogP contribution in [0.1, 0.15) is 5.82 Å². The normalized spacial score (nSPS) is 16.9. The predicted molar refractivity (Wildman–Crippen MR) is 99.2 cm³/mol. The van der Waals surface area contributed by atoms with Crippen LogP contribution in [0.3, 0.4) is 0 Å². The molecule has 0 saturated carbocycles. The lowest BCUT2D eigenvalue weighted by Gasteiger charge is -2.26. The molecule has 0 aliphatic carbocycles. The van der Waals surface area contributed by atoms with E-state index >= 15 is 0 Å². The van der Waals surface area contributed by atoms with E-state index in [0.29, 0.717) is 0 Å². The van der Waals surface area contributed by atoms with Gasteiger partial charge in [0.25, 0.3) is 0 Å². The Kier molecular flexibility index (Phi) is 3.92. The van der Waals surface area contributed by atoms with Crippen LogP contribution < -0.4 is 14.8 Å². The van der Waals surface area contributed by atoms with Crippen molar-refractivity contribution in [2.75, 3.05) is 33.0 Å². The van der Waals surface area contributed by atoms with Gasteiger partial charge in [-0.15, -0.1) is 0 Å². The molecule has 6 nitrogen and oxygen atoms in total. The number of hydrogen-bond donors (Lipinski definition) is 1. The van der Waals surface area contributed by atoms with E-state index in [4.69, 9.17) is 19.4 Å². The second-order valence-corrected chi connectivity index (χ2v) is 6.60. The van der Waals surface area contributed by atoms with Crippen molar-refractivity contribution in [2.24, 2.45) is 0 Å². The van der Waals surface area contributed by atoms with Gasteiger partial charge in [0, 0.05) is 37.1 Å². The predicted octanol–water partition coefficient (Wildman–Crippen LogP) is 2.43. The highest BCUT2D eigenvalue weighted by molar-refractivity contribution is 5.92. The third kappa shape index (κ3) is 2.87. The monoisotopic (exact) mass is 348 g/mol. The van der Waals surface area contributed by atoms with E-state index < -0.39 is 0 Å². The Morgan fingerprint density at radius 3 is 2.73 bits per heavy atom. The molecule has 26 heavy (non-hydrogen) atoms. The second-order valence-electron chi connectivity index (χ2n) is 6.60. The lowest BCUT2D eigenvalue weighted by molar-refractivity contribution is 0.174. The topological polar surface area (TPSA) is 59.5 Å². The molecule has 0 atom stereocenters. The van der Waals surface area contributed by atoms with E-state index in [9.17, 15) is 0 Å². The third-order valence-electron chi connectivity index (χ3n) is 4.87. The first-order chi connectivity index (χ1) is 12.9. The Hall–Kier alpha value is -2.70. The summed E-state index contributed by atoms with van der Waals surface area (Å²) in [5, 5.41) is 4.43. The van der Waals surface area contributed by atoms with Crippen LogP contribution in [0.4, 0.5) is 0 Å². The van der Waals surface area contributed by atoms with E-state index in [0.717, 1.165) is 72.2 Å². The van der Waals surface area contributed by atoms with Gasteiger partial charge in [-0.05, 0) is 24.3 Å². The fourth-order valence-corrected chi connectivity index (χ4v) is 3.53. The molecular formula is C20H20N4O2. The SMILES string of the molecule is c1ccc2c(-c3ccc4c(c3)OCO4)nc(CN3CCNCC3)nc2c1. The van der Waals surface area contributed by atoms with Crippen LogP contribution in [0.15, 0.2) is 42.5 Å². The minimum Gasteiger partial charge on any atom is -0.454 e. The lowest BCUT2D eigenvalue weighted by atomic mass is 10.1. The quantitative estimate of drug-likeness (QED) is 0.784. The molecule has 1 fully saturated rings. The van der Waals surface area contributed by atoms with Gasteiger partial charge in [0.15, 0.2) is 11.5 Å². The first kappa shape index (κ1) is 15.5. The first-order valence-electron chi connectivity index (χ1n) is 8.95. The van der Waals surface area contributed by atoms with Gasteiger partial charge in [-0.2, -0.15) is 0 Å². The molecule has 2 aliphatic rings. The molecule has 5 rings (SSSR count). The molecule has 1 aromatic heterocycles. The summed E-state index contributed by atoms with van der Waals surface area (Å²) in [7, 11) is 0. The summed E-state index contributed by atoms with van der Waals surface area (Å²) in [6.07, 6.45) is 0. The van der Waals surface area contributed by atoms with Gasteiger partial charge in [-0.1, -0.05) is 18.2 Å². The van der Waals surface area contributed by atoms with Crippen LogP contribution in [-0.4, -0.2) is 47.8 Å². The summed E-state index contributed by atoms with van der Waals surface area (Å²) < 4.78 is 11.0. The summed E-state index contributed by atoms with van der Waals surface area (Å²) in [5.74, 6) is 2.42. The Morgan fingerprint density at radius 2 is 1.81 bits per heavy atom. The van der Waals surface area contributed by atoms with Gasteiger partial charge in [0.05, 0.1) is 17.8 Å². The van der Waals surface area contributed by atoms with Crippen molar-refractivity contribution in [3.63, 3.8) is 0 Å². The molecule has 2 aromatic carbocycles. The molecular weight excluding hydrogens is 328 g/mol. The van der Waals surface area contributed by atoms with E-state index in [1.807, 2.05) is 30.3 Å². The highest BCUT2D eigenvalue weighted by atomic mass is 16.7. The summed E-state index contributed by atoms with van der Waals surface area (Å²) >= 11 is 0. The maximum atomic E-state index is 5.54. The number of piperazine rings is 1. The molecule has 0 bridgehead atoms. The molecule has 0 spiro atoms. The molecule has 0 unspecified atom stereocenters. The fraction of sp³-hybridized carbons (Fsp3) is 0.300. The zero-order valence-corrected chi connectivity index (χ0v) is 14.4. The number of para-hydroxylation sites is 1. The number of fused-ring (bicyclic) bond motifs is 2. The highest BCUT2D eigenvalue weighted by Gasteiger charge is 2.18. The van der Waals surface area contributed by atoms with E-state index in [2.05, 4.69) is 22.3 Å². The number of nitrogens with zero attached hydrogens (tertiary/aromatic N) is 3. The summed E-state index contributed by atoms with van der Waals surface area (Å²) in [6, 6.07) is 14.2. The van der Waals surface area contributed by atoms with Crippen molar-refractivity contribution >= 4 is 10.9 Å². The number of ether oxygens (including phenoxy) is 2. The zero-order chi connectivity index (χ0) is 17.3. The minimum absolute atomic E-state index is 0.275. The van der Waals surface area contributed by atoms with Gasteiger partial charge in [-0.3, -0.25) is 4.90 Å². The Bertz CT molecular complexity index is 954. The van der Waals surface area contributed by atoms with Gasteiger partial charge >= 0.3 is 0 Å². The molecule has 1 saturated heterocycles. The summed E-state index contributed by atoms with van der Waals surface area (Å²) in [4.78, 5) is 12.1. The van der Waals surface area contributed by atoms with E-state index in [-0.39, 0.29) is 6.79 Å². The fourth-order valence-electron chi connectivity index (χ4n) is 3.53. The van der Waals surface area contributed by atoms with Crippen molar-refractivity contribution in [1.82, 2.24) is 20.2 Å². The van der Waals surface area contributed by atoms with Crippen LogP contribution in [-0.2, 0) is 6.54 Å². The molecule has 0 amide bonds. The summed E-state index contributed by atoms with van der Waals surface area (Å²) in [6.45, 7) is 5.12. The number of benzene rings is 2. The third-order valence-corrected chi connectivity index (χ3v) is 4.87. The summed E-state index contributed by atoms with van der Waals surface area (Å²) in [5.41, 5.74) is 2.94. The van der Waals surface area contributed by atoms with Gasteiger partial charge < -0.3 is 14.8 Å². The number of hydrogen-bond acceptors (Lipinski definition) is 6. The van der Waals surface area contributed by atoms with E-state index in [1.54, 1.807) is 0 Å². The average molecular weight is 348 g/mol. The van der Waals surface area contributed by atoms with Crippen molar-refractivity contribution < 1.29 is 9.47 Å². The van der Waals surface area contributed by atoms with Crippen LogP contribution in [0, 0.1) is 0 Å². The minimum atomic E-state index is 0.275. The smallest absolute Gasteiger partial charge is 0.231 e. The Balaban J connectivity index is 1.58. The number of aromatic nitrogens is 2. The Morgan fingerprint density at radius 1 is 0.962 bits per heavy atom. The zero-order valence-electron chi connectivity index (χ0n) is 14.4. The van der Waals surface area contributed by atoms with Crippen molar-refractivity contribution in [2.45, 2.75) is 6.54 Å². The van der Waals surface area contributed by atoms with Crippen molar-refractivity contribution in [1.29, 1.82) is 0 Å². The van der Waals surface area contributed by atoms with E-state index in [1.165, 1.54) is 0 Å². The maximum absolute atomic E-state index is 5.54. The van der Waals surface area contributed by atoms with Crippen molar-refractivity contribution in [3.05, 3.63) is 48.3 Å². The average Bonchev–Trinajstić information content (AvgIpc) is 3.16. The molecule has 0 radical (unpaired) electrons. The highest BCUT2D eigenvalue weighted by Crippen LogP contribution is 2.37. The molecule has 3 aromatic rings. The van der Waals surface area contributed by atoms with Crippen LogP contribution in [0.25, 0.3) is 22.2 Å². The number of nitrogens with one attached hydrogen (secondary N) is 1. The van der Waals surface area contributed by atoms with Gasteiger partial charge in [0.2, 0.25) is 6.79 Å². The van der Waals surface area contributed by atoms with Crippen LogP contribution in [0.2, 0.25) is 0 Å². The van der Waals surface area contributed by atoms with Crippen LogP contribution >= 0.6 is 0 Å². The first-order valence-corrected chi connectivity index (χ1v) is 8.95. The maximum Gasteiger partial charge on any atom is 0.231 e. The van der Waals surface area contributed by atoms with Crippen molar-refractivity contribution in [3.8, 4) is 22.8 Å². The second kappa shape index (κ2) is 6.55. The van der Waals surface area contributed by atoms with Gasteiger partial charge in [-0.25, -0.2) is 9.97 Å². The molecule has 132 valence electrons. The Labute approximate surface area is 151 Å². The number of rotatable bonds is 3. The standard InChI is InChI=1S/C20H20N4O2/c1-2-4-16-15(3-1)20(14-5-6-17-18(11-14)26-13-25-17)23-19(22-16)12-24-9-7-21-8-10-24/h1-6,11,21H,7-10,12-13H2. The lowest BCUT2D eigenvalue weighted by Crippen LogP contribution is -2.43.